The molecule has 0 atom stereocenters. The molecule has 0 amide bonds. The van der Waals surface area contributed by atoms with Gasteiger partial charge >= 0.3 is 0 Å². The standard InChI is InChI=1S/C27H24N4/c1-3-12-22(13-4-1)26(24-16-7-9-18-28-24)30-20-11-21-31-27(23-14-5-2-6-15-23)25-17-8-10-19-29-25/h1-10,12-19H,11,20-21H2. The Morgan fingerprint density at radius 2 is 0.935 bits per heavy atom. The highest BCUT2D eigenvalue weighted by atomic mass is 14.8. The third-order valence-corrected chi connectivity index (χ3v) is 4.77. The molecule has 0 fully saturated rings. The van der Waals surface area contributed by atoms with Crippen LogP contribution in [-0.2, 0) is 0 Å². The molecular weight excluding hydrogens is 380 g/mol. The number of benzene rings is 2. The van der Waals surface area contributed by atoms with Crippen LogP contribution in [0.2, 0.25) is 0 Å². The molecule has 4 aromatic rings. The van der Waals surface area contributed by atoms with Crippen molar-refractivity contribution in [2.75, 3.05) is 13.1 Å². The number of hydrogen-bond acceptors (Lipinski definition) is 4. The molecule has 0 saturated carbocycles. The number of hydrogen-bond donors (Lipinski definition) is 0. The lowest BCUT2D eigenvalue weighted by atomic mass is 10.1. The molecule has 2 heterocycles. The van der Waals surface area contributed by atoms with Crippen LogP contribution in [0.15, 0.2) is 119 Å². The van der Waals surface area contributed by atoms with Crippen LogP contribution in [0.25, 0.3) is 0 Å². The summed E-state index contributed by atoms with van der Waals surface area (Å²) in [7, 11) is 0. The number of aliphatic imine (C=N–C) groups is 2. The molecule has 0 aliphatic heterocycles. The zero-order chi connectivity index (χ0) is 21.1. The Kier molecular flexibility index (Phi) is 7.05. The second-order valence-corrected chi connectivity index (χ2v) is 6.98. The third-order valence-electron chi connectivity index (χ3n) is 4.77. The molecule has 0 aliphatic carbocycles. The molecule has 0 spiro atoms. The van der Waals surface area contributed by atoms with E-state index >= 15 is 0 Å². The van der Waals surface area contributed by atoms with Crippen molar-refractivity contribution < 1.29 is 0 Å². The van der Waals surface area contributed by atoms with Crippen molar-refractivity contribution in [1.82, 2.24) is 9.97 Å². The maximum atomic E-state index is 4.88. The molecule has 4 nitrogen and oxygen atoms in total. The van der Waals surface area contributed by atoms with Gasteiger partial charge in [-0.2, -0.15) is 0 Å². The van der Waals surface area contributed by atoms with Crippen molar-refractivity contribution in [2.24, 2.45) is 9.98 Å². The Morgan fingerprint density at radius 1 is 0.516 bits per heavy atom. The van der Waals surface area contributed by atoms with Gasteiger partial charge in [-0.1, -0.05) is 72.8 Å². The molecule has 152 valence electrons. The van der Waals surface area contributed by atoms with E-state index in [4.69, 9.17) is 9.98 Å². The summed E-state index contributed by atoms with van der Waals surface area (Å²) in [5.41, 5.74) is 5.74. The Hall–Kier alpha value is -3.92. The zero-order valence-electron chi connectivity index (χ0n) is 17.3. The molecule has 0 bridgehead atoms. The van der Waals surface area contributed by atoms with Gasteiger partial charge in [0.05, 0.1) is 22.8 Å². The summed E-state index contributed by atoms with van der Waals surface area (Å²) in [6, 6.07) is 32.2. The quantitative estimate of drug-likeness (QED) is 0.298. The minimum atomic E-state index is 0.675. The van der Waals surface area contributed by atoms with Crippen LogP contribution in [0.3, 0.4) is 0 Å². The highest BCUT2D eigenvalue weighted by molar-refractivity contribution is 6.12. The average molecular weight is 405 g/mol. The average Bonchev–Trinajstić information content (AvgIpc) is 2.86. The molecule has 31 heavy (non-hydrogen) atoms. The van der Waals surface area contributed by atoms with Gasteiger partial charge in [0.2, 0.25) is 0 Å². The number of aromatic nitrogens is 2. The zero-order valence-corrected chi connectivity index (χ0v) is 17.3. The molecule has 0 aliphatic rings. The van der Waals surface area contributed by atoms with Crippen LogP contribution in [0, 0.1) is 0 Å². The lowest BCUT2D eigenvalue weighted by Gasteiger charge is -2.08. The second kappa shape index (κ2) is 10.7. The van der Waals surface area contributed by atoms with E-state index in [2.05, 4.69) is 34.2 Å². The van der Waals surface area contributed by atoms with Crippen molar-refractivity contribution in [2.45, 2.75) is 6.42 Å². The fourth-order valence-corrected chi connectivity index (χ4v) is 3.29. The van der Waals surface area contributed by atoms with Crippen LogP contribution in [0.4, 0.5) is 0 Å². The van der Waals surface area contributed by atoms with E-state index in [1.54, 1.807) is 12.4 Å². The first-order valence-corrected chi connectivity index (χ1v) is 10.4. The molecule has 0 saturated heterocycles. The molecule has 0 unspecified atom stereocenters. The summed E-state index contributed by atoms with van der Waals surface area (Å²) in [5.74, 6) is 0. The Bertz CT molecular complexity index is 947. The molecule has 0 N–H and O–H groups in total. The molecule has 0 radical (unpaired) electrons. The summed E-state index contributed by atoms with van der Waals surface area (Å²) >= 11 is 0. The summed E-state index contributed by atoms with van der Waals surface area (Å²) in [5, 5.41) is 0. The van der Waals surface area contributed by atoms with E-state index in [1.165, 1.54) is 0 Å². The predicted molar refractivity (Wildman–Crippen MR) is 127 cm³/mol. The molecule has 2 aromatic heterocycles. The van der Waals surface area contributed by atoms with Gasteiger partial charge in [-0.15, -0.1) is 0 Å². The van der Waals surface area contributed by atoms with Crippen molar-refractivity contribution in [3.8, 4) is 0 Å². The lowest BCUT2D eigenvalue weighted by molar-refractivity contribution is 0.845. The highest BCUT2D eigenvalue weighted by Crippen LogP contribution is 2.11. The van der Waals surface area contributed by atoms with Crippen LogP contribution < -0.4 is 0 Å². The Morgan fingerprint density at radius 3 is 1.32 bits per heavy atom. The van der Waals surface area contributed by atoms with Gasteiger partial charge in [-0.25, -0.2) is 0 Å². The molecule has 4 rings (SSSR count). The van der Waals surface area contributed by atoms with Gasteiger partial charge in [-0.3, -0.25) is 20.0 Å². The minimum absolute atomic E-state index is 0.675. The topological polar surface area (TPSA) is 50.5 Å². The first-order chi connectivity index (χ1) is 15.4. The van der Waals surface area contributed by atoms with Gasteiger partial charge in [0, 0.05) is 36.6 Å². The minimum Gasteiger partial charge on any atom is -0.282 e. The number of nitrogens with zero attached hydrogens (tertiary/aromatic N) is 4. The van der Waals surface area contributed by atoms with Gasteiger partial charge in [-0.05, 0) is 30.7 Å². The van der Waals surface area contributed by atoms with Gasteiger partial charge < -0.3 is 0 Å². The maximum Gasteiger partial charge on any atom is 0.0903 e. The van der Waals surface area contributed by atoms with Crippen molar-refractivity contribution >= 4 is 11.4 Å². The highest BCUT2D eigenvalue weighted by Gasteiger charge is 2.08. The predicted octanol–water partition coefficient (Wildman–Crippen LogP) is 5.24. The molecule has 2 aromatic carbocycles. The van der Waals surface area contributed by atoms with Gasteiger partial charge in [0.25, 0.3) is 0 Å². The van der Waals surface area contributed by atoms with E-state index in [0.29, 0.717) is 13.1 Å². The monoisotopic (exact) mass is 404 g/mol. The van der Waals surface area contributed by atoms with Gasteiger partial charge in [0.15, 0.2) is 0 Å². The molecule has 4 heteroatoms. The van der Waals surface area contributed by atoms with E-state index in [0.717, 1.165) is 40.4 Å². The Balaban J connectivity index is 1.51. The fourth-order valence-electron chi connectivity index (χ4n) is 3.29. The van der Waals surface area contributed by atoms with Crippen LogP contribution in [-0.4, -0.2) is 34.5 Å². The fraction of sp³-hybridized carbons (Fsp3) is 0.111. The summed E-state index contributed by atoms with van der Waals surface area (Å²) < 4.78 is 0. The van der Waals surface area contributed by atoms with Crippen LogP contribution >= 0.6 is 0 Å². The molecular formula is C27H24N4. The first kappa shape index (κ1) is 20.4. The van der Waals surface area contributed by atoms with Crippen LogP contribution in [0.5, 0.6) is 0 Å². The lowest BCUT2D eigenvalue weighted by Crippen LogP contribution is -2.08. The van der Waals surface area contributed by atoms with Gasteiger partial charge in [0.1, 0.15) is 0 Å². The van der Waals surface area contributed by atoms with E-state index < -0.39 is 0 Å². The maximum absolute atomic E-state index is 4.88. The normalized spacial score (nSPS) is 12.0. The number of rotatable bonds is 8. The van der Waals surface area contributed by atoms with E-state index in [1.807, 2.05) is 72.8 Å². The largest absolute Gasteiger partial charge is 0.282 e. The number of pyridine rings is 2. The SMILES string of the molecule is c1ccc(C(=NCCCN=C(c2ccccc2)c2ccccn2)c2ccccn2)cc1. The smallest absolute Gasteiger partial charge is 0.0903 e. The van der Waals surface area contributed by atoms with Crippen molar-refractivity contribution in [1.29, 1.82) is 0 Å². The Labute approximate surface area is 183 Å². The summed E-state index contributed by atoms with van der Waals surface area (Å²) in [4.78, 5) is 18.7. The van der Waals surface area contributed by atoms with Crippen molar-refractivity contribution in [3.63, 3.8) is 0 Å². The summed E-state index contributed by atoms with van der Waals surface area (Å²) in [6.07, 6.45) is 4.44. The van der Waals surface area contributed by atoms with E-state index in [9.17, 15) is 0 Å². The second-order valence-electron chi connectivity index (χ2n) is 6.98. The third kappa shape index (κ3) is 5.58. The van der Waals surface area contributed by atoms with Crippen LogP contribution in [0.1, 0.15) is 28.9 Å². The first-order valence-electron chi connectivity index (χ1n) is 10.4. The van der Waals surface area contributed by atoms with Crippen molar-refractivity contribution in [3.05, 3.63) is 132 Å². The summed E-state index contributed by atoms with van der Waals surface area (Å²) in [6.45, 7) is 1.35. The van der Waals surface area contributed by atoms with E-state index in [-0.39, 0.29) is 0 Å².